The van der Waals surface area contributed by atoms with Gasteiger partial charge in [0.05, 0.1) is 0 Å². The third-order valence-corrected chi connectivity index (χ3v) is 4.62. The normalized spacial score (nSPS) is 19.3. The number of aliphatic hydroxyl groups excluding tert-OH is 1. The van der Waals surface area contributed by atoms with Gasteiger partial charge in [-0.25, -0.2) is 4.98 Å². The third-order valence-electron chi connectivity index (χ3n) is 4.62. The molecule has 0 bridgehead atoms. The van der Waals surface area contributed by atoms with Gasteiger partial charge < -0.3 is 19.7 Å². The smallest absolute Gasteiger partial charge is 0.254 e. The lowest BCUT2D eigenvalue weighted by Crippen LogP contribution is -2.42. The molecule has 6 heteroatoms. The molecule has 6 nitrogen and oxygen atoms in total. The molecule has 2 aromatic rings. The number of phenolic OH excluding ortho intramolecular Hbond substituents is 1. The van der Waals surface area contributed by atoms with E-state index in [1.807, 2.05) is 18.5 Å². The maximum atomic E-state index is 12.7. The monoisotopic (exact) mass is 329 g/mol. The Hall–Kier alpha value is -2.34. The number of hydrogen-bond donors (Lipinski definition) is 2. The van der Waals surface area contributed by atoms with Crippen LogP contribution in [0.4, 0.5) is 0 Å². The van der Waals surface area contributed by atoms with Gasteiger partial charge in [-0.1, -0.05) is 0 Å². The Labute approximate surface area is 141 Å². The molecule has 1 aromatic heterocycles. The minimum Gasteiger partial charge on any atom is -0.508 e. The molecule has 1 aromatic carbocycles. The fourth-order valence-electron chi connectivity index (χ4n) is 3.39. The van der Waals surface area contributed by atoms with E-state index in [9.17, 15) is 15.0 Å². The van der Waals surface area contributed by atoms with E-state index in [-0.39, 0.29) is 17.6 Å². The molecule has 1 amide bonds. The van der Waals surface area contributed by atoms with Gasteiger partial charge in [0, 0.05) is 44.0 Å². The zero-order valence-electron chi connectivity index (χ0n) is 14.0. The summed E-state index contributed by atoms with van der Waals surface area (Å²) in [5, 5.41) is 20.3. The second-order valence-corrected chi connectivity index (χ2v) is 6.55. The van der Waals surface area contributed by atoms with Crippen LogP contribution in [0, 0.1) is 12.8 Å². The number of aryl methyl sites for hydroxylation is 2. The average Bonchev–Trinajstić information content (AvgIpc) is 2.98. The Morgan fingerprint density at radius 1 is 1.38 bits per heavy atom. The van der Waals surface area contributed by atoms with Gasteiger partial charge in [0.15, 0.2) is 0 Å². The fraction of sp³-hybridized carbons (Fsp3) is 0.444. The number of amides is 1. The summed E-state index contributed by atoms with van der Waals surface area (Å²) >= 11 is 0. The molecule has 2 heterocycles. The van der Waals surface area contributed by atoms with Crippen LogP contribution < -0.4 is 0 Å². The fourth-order valence-corrected chi connectivity index (χ4v) is 3.39. The van der Waals surface area contributed by atoms with Gasteiger partial charge in [0.25, 0.3) is 5.91 Å². The van der Waals surface area contributed by atoms with E-state index in [0.29, 0.717) is 24.5 Å². The first-order valence-electron chi connectivity index (χ1n) is 8.21. The summed E-state index contributed by atoms with van der Waals surface area (Å²) in [7, 11) is 1.85. The zero-order valence-corrected chi connectivity index (χ0v) is 14.0. The van der Waals surface area contributed by atoms with Crippen LogP contribution >= 0.6 is 0 Å². The number of imidazole rings is 1. The number of likely N-dealkylation sites (tertiary alicyclic amines) is 1. The van der Waals surface area contributed by atoms with Gasteiger partial charge in [0.1, 0.15) is 17.7 Å². The molecule has 0 radical (unpaired) electrons. The van der Waals surface area contributed by atoms with Crippen LogP contribution in [0.5, 0.6) is 5.75 Å². The summed E-state index contributed by atoms with van der Waals surface area (Å²) in [4.78, 5) is 18.7. The van der Waals surface area contributed by atoms with Crippen LogP contribution in [0.3, 0.4) is 0 Å². The van der Waals surface area contributed by atoms with Crippen molar-refractivity contribution in [2.24, 2.45) is 13.0 Å². The van der Waals surface area contributed by atoms with Gasteiger partial charge in [-0.05, 0) is 43.5 Å². The molecule has 1 saturated heterocycles. The Bertz CT molecular complexity index is 721. The number of aliphatic hydroxyl groups is 1. The van der Waals surface area contributed by atoms with Crippen molar-refractivity contribution in [2.75, 3.05) is 13.1 Å². The Morgan fingerprint density at radius 2 is 2.17 bits per heavy atom. The predicted molar refractivity (Wildman–Crippen MR) is 89.6 cm³/mol. The highest BCUT2D eigenvalue weighted by molar-refractivity contribution is 5.94. The number of carbonyl (C=O) groups is 1. The minimum atomic E-state index is -0.688. The van der Waals surface area contributed by atoms with Crippen molar-refractivity contribution in [3.8, 4) is 5.75 Å². The lowest BCUT2D eigenvalue weighted by Gasteiger charge is -2.35. The Morgan fingerprint density at radius 3 is 2.83 bits per heavy atom. The molecule has 3 rings (SSSR count). The molecule has 1 aliphatic heterocycles. The molecule has 24 heavy (non-hydrogen) atoms. The number of benzene rings is 1. The molecule has 0 saturated carbocycles. The SMILES string of the molecule is Cc1cc(O)cc(C(=O)N2CCCC(C(O)c3nccn3C)C2)c1. The molecule has 1 aliphatic rings. The molecule has 2 N–H and O–H groups in total. The number of piperidine rings is 1. The molecule has 2 atom stereocenters. The minimum absolute atomic E-state index is 0.0396. The van der Waals surface area contributed by atoms with E-state index < -0.39 is 6.10 Å². The summed E-state index contributed by atoms with van der Waals surface area (Å²) in [6, 6.07) is 4.90. The number of aromatic hydroxyl groups is 1. The molecule has 1 fully saturated rings. The standard InChI is InChI=1S/C18H23N3O3/c1-12-8-14(10-15(22)9-12)18(24)21-6-3-4-13(11-21)16(23)17-19-5-7-20(17)2/h5,7-10,13,16,22-23H,3-4,6,11H2,1-2H3. The highest BCUT2D eigenvalue weighted by Gasteiger charge is 2.31. The van der Waals surface area contributed by atoms with Crippen molar-refractivity contribution >= 4 is 5.91 Å². The molecule has 0 spiro atoms. The van der Waals surface area contributed by atoms with Crippen molar-refractivity contribution in [3.05, 3.63) is 47.5 Å². The van der Waals surface area contributed by atoms with Crippen molar-refractivity contribution < 1.29 is 15.0 Å². The third kappa shape index (κ3) is 3.28. The second kappa shape index (κ2) is 6.65. The number of aromatic nitrogens is 2. The first kappa shape index (κ1) is 16.5. The van der Waals surface area contributed by atoms with Crippen LogP contribution in [0.15, 0.2) is 30.6 Å². The van der Waals surface area contributed by atoms with Crippen LogP contribution in [0.25, 0.3) is 0 Å². The first-order valence-corrected chi connectivity index (χ1v) is 8.21. The van der Waals surface area contributed by atoms with Gasteiger partial charge in [-0.3, -0.25) is 4.79 Å². The van der Waals surface area contributed by atoms with Gasteiger partial charge in [0.2, 0.25) is 0 Å². The lowest BCUT2D eigenvalue weighted by atomic mass is 9.91. The van der Waals surface area contributed by atoms with Crippen LogP contribution in [-0.2, 0) is 7.05 Å². The van der Waals surface area contributed by atoms with Gasteiger partial charge >= 0.3 is 0 Å². The highest BCUT2D eigenvalue weighted by Crippen LogP contribution is 2.29. The zero-order chi connectivity index (χ0) is 17.3. The average molecular weight is 329 g/mol. The van der Waals surface area contributed by atoms with E-state index in [1.165, 1.54) is 6.07 Å². The predicted octanol–water partition coefficient (Wildman–Crippen LogP) is 2.02. The van der Waals surface area contributed by atoms with Crippen molar-refractivity contribution in [1.29, 1.82) is 0 Å². The topological polar surface area (TPSA) is 78.6 Å². The first-order chi connectivity index (χ1) is 11.5. The Kier molecular flexibility index (Phi) is 4.57. The summed E-state index contributed by atoms with van der Waals surface area (Å²) < 4.78 is 1.81. The molecule has 0 aliphatic carbocycles. The molecular weight excluding hydrogens is 306 g/mol. The summed E-state index contributed by atoms with van der Waals surface area (Å²) in [6.07, 6.45) is 4.48. The molecular formula is C18H23N3O3. The van der Waals surface area contributed by atoms with E-state index >= 15 is 0 Å². The lowest BCUT2D eigenvalue weighted by molar-refractivity contribution is 0.0358. The maximum Gasteiger partial charge on any atom is 0.254 e. The summed E-state index contributed by atoms with van der Waals surface area (Å²) in [5.41, 5.74) is 1.33. The van der Waals surface area contributed by atoms with Crippen LogP contribution in [-0.4, -0.2) is 43.7 Å². The number of carbonyl (C=O) groups excluding carboxylic acids is 1. The maximum absolute atomic E-state index is 12.7. The second-order valence-electron chi connectivity index (χ2n) is 6.55. The van der Waals surface area contributed by atoms with Gasteiger partial charge in [-0.15, -0.1) is 0 Å². The van der Waals surface area contributed by atoms with Crippen LogP contribution in [0.1, 0.15) is 40.7 Å². The molecule has 128 valence electrons. The van der Waals surface area contributed by atoms with Crippen molar-refractivity contribution in [2.45, 2.75) is 25.9 Å². The quantitative estimate of drug-likeness (QED) is 0.903. The van der Waals surface area contributed by atoms with E-state index in [2.05, 4.69) is 4.98 Å². The van der Waals surface area contributed by atoms with E-state index in [0.717, 1.165) is 18.4 Å². The number of phenols is 1. The van der Waals surface area contributed by atoms with E-state index in [1.54, 1.807) is 29.4 Å². The van der Waals surface area contributed by atoms with Crippen molar-refractivity contribution in [1.82, 2.24) is 14.5 Å². The summed E-state index contributed by atoms with van der Waals surface area (Å²) in [5.74, 6) is 0.579. The largest absolute Gasteiger partial charge is 0.508 e. The number of hydrogen-bond acceptors (Lipinski definition) is 4. The summed E-state index contributed by atoms with van der Waals surface area (Å²) in [6.45, 7) is 3.00. The molecule has 2 unspecified atom stereocenters. The highest BCUT2D eigenvalue weighted by atomic mass is 16.3. The van der Waals surface area contributed by atoms with Crippen LogP contribution in [0.2, 0.25) is 0 Å². The van der Waals surface area contributed by atoms with Crippen molar-refractivity contribution in [3.63, 3.8) is 0 Å². The number of rotatable bonds is 3. The van der Waals surface area contributed by atoms with Gasteiger partial charge in [-0.2, -0.15) is 0 Å². The Balaban J connectivity index is 1.75. The number of nitrogens with zero attached hydrogens (tertiary/aromatic N) is 3. The van der Waals surface area contributed by atoms with E-state index in [4.69, 9.17) is 0 Å².